The molecule has 1 aliphatic heterocycles. The summed E-state index contributed by atoms with van der Waals surface area (Å²) in [5, 5.41) is 0. The molecule has 1 aliphatic carbocycles. The van der Waals surface area contributed by atoms with Crippen LogP contribution in [0.2, 0.25) is 0 Å². The Balaban J connectivity index is 1.63. The van der Waals surface area contributed by atoms with Gasteiger partial charge in [0.05, 0.1) is 0 Å². The first-order valence-corrected chi connectivity index (χ1v) is 7.26. The Morgan fingerprint density at radius 3 is 2.63 bits per heavy atom. The van der Waals surface area contributed by atoms with Crippen molar-refractivity contribution in [1.29, 1.82) is 0 Å². The van der Waals surface area contributed by atoms with Gasteiger partial charge < -0.3 is 10.6 Å². The lowest BCUT2D eigenvalue weighted by Gasteiger charge is -2.30. The average Bonchev–Trinajstić information content (AvgIpc) is 3.19. The second-order valence-electron chi connectivity index (χ2n) is 5.97. The van der Waals surface area contributed by atoms with Gasteiger partial charge in [-0.3, -0.25) is 4.79 Å². The number of likely N-dealkylation sites (tertiary alicyclic amines) is 1. The van der Waals surface area contributed by atoms with E-state index in [0.717, 1.165) is 32.4 Å². The molecule has 0 bridgehead atoms. The summed E-state index contributed by atoms with van der Waals surface area (Å²) in [6.45, 7) is 3.82. The van der Waals surface area contributed by atoms with E-state index in [2.05, 4.69) is 31.2 Å². The molecule has 0 aromatic heterocycles. The number of nitrogens with zero attached hydrogens (tertiary/aromatic N) is 1. The van der Waals surface area contributed by atoms with Gasteiger partial charge in [0.15, 0.2) is 0 Å². The van der Waals surface area contributed by atoms with E-state index < -0.39 is 0 Å². The molecule has 1 heterocycles. The first-order valence-electron chi connectivity index (χ1n) is 7.26. The Labute approximate surface area is 114 Å². The molecule has 2 atom stereocenters. The Bertz CT molecular complexity index is 477. The molecule has 1 saturated carbocycles. The van der Waals surface area contributed by atoms with Crippen molar-refractivity contribution < 1.29 is 4.79 Å². The molecule has 3 heteroatoms. The summed E-state index contributed by atoms with van der Waals surface area (Å²) in [5.41, 5.74) is 8.55. The highest BCUT2D eigenvalue weighted by molar-refractivity contribution is 5.83. The number of aryl methyl sites for hydroxylation is 1. The molecule has 1 aromatic rings. The SMILES string of the molecule is Cc1ccccc1C1CC1C(=O)N1CCC(N)CC1. The van der Waals surface area contributed by atoms with E-state index in [0.29, 0.717) is 11.8 Å². The summed E-state index contributed by atoms with van der Waals surface area (Å²) in [6.07, 6.45) is 2.92. The predicted octanol–water partition coefficient (Wildman–Crippen LogP) is 2.05. The second-order valence-corrected chi connectivity index (χ2v) is 5.97. The normalized spacial score (nSPS) is 27.4. The number of amides is 1. The molecule has 1 aromatic carbocycles. The van der Waals surface area contributed by atoms with Crippen molar-refractivity contribution in [3.63, 3.8) is 0 Å². The summed E-state index contributed by atoms with van der Waals surface area (Å²) >= 11 is 0. The fourth-order valence-corrected chi connectivity index (χ4v) is 3.17. The zero-order valence-electron chi connectivity index (χ0n) is 11.5. The van der Waals surface area contributed by atoms with E-state index in [-0.39, 0.29) is 12.0 Å². The Morgan fingerprint density at radius 2 is 1.95 bits per heavy atom. The summed E-state index contributed by atoms with van der Waals surface area (Å²) < 4.78 is 0. The number of nitrogens with two attached hydrogens (primary N) is 1. The van der Waals surface area contributed by atoms with Gasteiger partial charge in [-0.2, -0.15) is 0 Å². The van der Waals surface area contributed by atoms with Crippen molar-refractivity contribution in [2.45, 2.75) is 38.1 Å². The van der Waals surface area contributed by atoms with Crippen LogP contribution < -0.4 is 5.73 Å². The van der Waals surface area contributed by atoms with Gasteiger partial charge in [0, 0.05) is 25.0 Å². The Morgan fingerprint density at radius 1 is 1.26 bits per heavy atom. The Kier molecular flexibility index (Phi) is 3.31. The van der Waals surface area contributed by atoms with E-state index in [1.165, 1.54) is 11.1 Å². The van der Waals surface area contributed by atoms with Crippen LogP contribution in [0.5, 0.6) is 0 Å². The third kappa shape index (κ3) is 2.52. The topological polar surface area (TPSA) is 46.3 Å². The van der Waals surface area contributed by atoms with Crippen LogP contribution in [0.25, 0.3) is 0 Å². The maximum absolute atomic E-state index is 12.4. The minimum atomic E-state index is 0.218. The fraction of sp³-hybridized carbons (Fsp3) is 0.562. The molecule has 19 heavy (non-hydrogen) atoms. The van der Waals surface area contributed by atoms with Crippen molar-refractivity contribution in [3.05, 3.63) is 35.4 Å². The van der Waals surface area contributed by atoms with Crippen LogP contribution in [0.15, 0.2) is 24.3 Å². The van der Waals surface area contributed by atoms with Gasteiger partial charge in [0.1, 0.15) is 0 Å². The molecule has 3 rings (SSSR count). The lowest BCUT2D eigenvalue weighted by atomic mass is 10.0. The minimum Gasteiger partial charge on any atom is -0.342 e. The maximum atomic E-state index is 12.4. The molecule has 3 nitrogen and oxygen atoms in total. The van der Waals surface area contributed by atoms with Crippen molar-refractivity contribution >= 4 is 5.91 Å². The van der Waals surface area contributed by atoms with Gasteiger partial charge in [-0.05, 0) is 43.2 Å². The highest BCUT2D eigenvalue weighted by atomic mass is 16.2. The van der Waals surface area contributed by atoms with Crippen LogP contribution in [0.4, 0.5) is 0 Å². The molecule has 0 radical (unpaired) electrons. The zero-order chi connectivity index (χ0) is 13.4. The first-order chi connectivity index (χ1) is 9.16. The van der Waals surface area contributed by atoms with E-state index in [1.54, 1.807) is 0 Å². The molecule has 2 unspecified atom stereocenters. The van der Waals surface area contributed by atoms with Gasteiger partial charge in [0.2, 0.25) is 5.91 Å². The molecule has 2 aliphatic rings. The molecule has 1 amide bonds. The molecule has 2 N–H and O–H groups in total. The summed E-state index contributed by atoms with van der Waals surface area (Å²) in [5.74, 6) is 1.01. The lowest BCUT2D eigenvalue weighted by Crippen LogP contribution is -2.43. The van der Waals surface area contributed by atoms with Gasteiger partial charge >= 0.3 is 0 Å². The number of carbonyl (C=O) groups is 1. The predicted molar refractivity (Wildman–Crippen MR) is 75.8 cm³/mol. The smallest absolute Gasteiger partial charge is 0.226 e. The third-order valence-electron chi connectivity index (χ3n) is 4.55. The van der Waals surface area contributed by atoms with Crippen LogP contribution in [-0.2, 0) is 4.79 Å². The van der Waals surface area contributed by atoms with Crippen LogP contribution in [0.1, 0.15) is 36.3 Å². The molecular weight excluding hydrogens is 236 g/mol. The third-order valence-corrected chi connectivity index (χ3v) is 4.55. The van der Waals surface area contributed by atoms with E-state index in [4.69, 9.17) is 5.73 Å². The van der Waals surface area contributed by atoms with Crippen molar-refractivity contribution in [2.75, 3.05) is 13.1 Å². The highest BCUT2D eigenvalue weighted by Gasteiger charge is 2.46. The molecular formula is C16H22N2O. The maximum Gasteiger partial charge on any atom is 0.226 e. The number of hydrogen-bond acceptors (Lipinski definition) is 2. The molecule has 102 valence electrons. The number of piperidine rings is 1. The number of carbonyl (C=O) groups excluding carboxylic acids is 1. The highest BCUT2D eigenvalue weighted by Crippen LogP contribution is 2.49. The zero-order valence-corrected chi connectivity index (χ0v) is 11.5. The van der Waals surface area contributed by atoms with Crippen LogP contribution in [0.3, 0.4) is 0 Å². The van der Waals surface area contributed by atoms with Crippen LogP contribution in [0, 0.1) is 12.8 Å². The summed E-state index contributed by atoms with van der Waals surface area (Å²) in [4.78, 5) is 14.5. The lowest BCUT2D eigenvalue weighted by molar-refractivity contribution is -0.133. The van der Waals surface area contributed by atoms with Gasteiger partial charge in [-0.1, -0.05) is 24.3 Å². The van der Waals surface area contributed by atoms with Crippen LogP contribution in [-0.4, -0.2) is 29.9 Å². The molecule has 1 saturated heterocycles. The van der Waals surface area contributed by atoms with Crippen molar-refractivity contribution in [2.24, 2.45) is 11.7 Å². The summed E-state index contributed by atoms with van der Waals surface area (Å²) in [6, 6.07) is 8.72. The first kappa shape index (κ1) is 12.7. The molecule has 2 fully saturated rings. The van der Waals surface area contributed by atoms with Crippen molar-refractivity contribution in [3.8, 4) is 0 Å². The number of benzene rings is 1. The minimum absolute atomic E-state index is 0.218. The number of hydrogen-bond donors (Lipinski definition) is 1. The van der Waals surface area contributed by atoms with Gasteiger partial charge in [-0.25, -0.2) is 0 Å². The van der Waals surface area contributed by atoms with E-state index in [1.807, 2.05) is 4.90 Å². The molecule has 0 spiro atoms. The number of rotatable bonds is 2. The monoisotopic (exact) mass is 258 g/mol. The van der Waals surface area contributed by atoms with E-state index in [9.17, 15) is 4.79 Å². The van der Waals surface area contributed by atoms with E-state index >= 15 is 0 Å². The largest absolute Gasteiger partial charge is 0.342 e. The average molecular weight is 258 g/mol. The Hall–Kier alpha value is -1.35. The fourth-order valence-electron chi connectivity index (χ4n) is 3.17. The van der Waals surface area contributed by atoms with Gasteiger partial charge in [-0.15, -0.1) is 0 Å². The standard InChI is InChI=1S/C16H22N2O/c1-11-4-2-3-5-13(11)14-10-15(14)16(19)18-8-6-12(17)7-9-18/h2-5,12,14-15H,6-10,17H2,1H3. The van der Waals surface area contributed by atoms with Gasteiger partial charge in [0.25, 0.3) is 0 Å². The summed E-state index contributed by atoms with van der Waals surface area (Å²) in [7, 11) is 0. The van der Waals surface area contributed by atoms with Crippen LogP contribution >= 0.6 is 0 Å². The van der Waals surface area contributed by atoms with Crippen molar-refractivity contribution in [1.82, 2.24) is 4.90 Å². The second kappa shape index (κ2) is 4.97. The quantitative estimate of drug-likeness (QED) is 0.882.